The minimum absolute atomic E-state index is 0.134. The predicted octanol–water partition coefficient (Wildman–Crippen LogP) is 3.24. The number of nitrogens with one attached hydrogen (secondary N) is 1. The fourth-order valence-electron chi connectivity index (χ4n) is 2.27. The van der Waals surface area contributed by atoms with Crippen molar-refractivity contribution in [3.63, 3.8) is 0 Å². The van der Waals surface area contributed by atoms with Crippen molar-refractivity contribution in [3.05, 3.63) is 70.7 Å². The third-order valence-corrected chi connectivity index (χ3v) is 3.99. The Hall–Kier alpha value is -1.84. The molecule has 116 valence electrons. The topological polar surface area (TPSA) is 32.3 Å². The van der Waals surface area contributed by atoms with E-state index in [0.717, 1.165) is 6.42 Å². The molecule has 0 aliphatic carbocycles. The predicted molar refractivity (Wildman–Crippen MR) is 91.4 cm³/mol. The molecule has 0 aromatic heterocycles. The fraction of sp³-hybridized carbons (Fsp3) is 0.278. The molecule has 0 heterocycles. The van der Waals surface area contributed by atoms with Crippen molar-refractivity contribution in [2.75, 3.05) is 20.6 Å². The van der Waals surface area contributed by atoms with Gasteiger partial charge < -0.3 is 10.2 Å². The molecule has 2 aromatic carbocycles. The van der Waals surface area contributed by atoms with Gasteiger partial charge in [-0.1, -0.05) is 54.1 Å². The summed E-state index contributed by atoms with van der Waals surface area (Å²) in [6, 6.07) is 17.6. The first-order valence-corrected chi connectivity index (χ1v) is 7.69. The zero-order valence-electron chi connectivity index (χ0n) is 12.9. The van der Waals surface area contributed by atoms with Gasteiger partial charge in [-0.2, -0.15) is 0 Å². The summed E-state index contributed by atoms with van der Waals surface area (Å²) in [5, 5.41) is 3.45. The number of hydrogen-bond acceptors (Lipinski definition) is 2. The number of likely N-dealkylation sites (N-methyl/N-ethyl adjacent to an activating group) is 1. The summed E-state index contributed by atoms with van der Waals surface area (Å²) in [5.74, 6) is -0.134. The van der Waals surface area contributed by atoms with Gasteiger partial charge in [-0.25, -0.2) is 0 Å². The minimum atomic E-state index is -0.134. The Morgan fingerprint density at radius 3 is 2.36 bits per heavy atom. The van der Waals surface area contributed by atoms with Crippen LogP contribution in [-0.4, -0.2) is 37.5 Å². The first-order chi connectivity index (χ1) is 10.6. The summed E-state index contributed by atoms with van der Waals surface area (Å²) in [6.07, 6.45) is 0.886. The van der Waals surface area contributed by atoms with Gasteiger partial charge in [0.15, 0.2) is 0 Å². The average molecular weight is 317 g/mol. The molecule has 1 N–H and O–H groups in total. The molecule has 0 unspecified atom stereocenters. The molecule has 22 heavy (non-hydrogen) atoms. The van der Waals surface area contributed by atoms with Crippen LogP contribution in [0.4, 0.5) is 0 Å². The third-order valence-electron chi connectivity index (χ3n) is 3.66. The summed E-state index contributed by atoms with van der Waals surface area (Å²) in [4.78, 5) is 14.4. The standard InChI is InChI=1S/C18H21ClN2O/c1-21(2)15(12-14-8-4-3-5-9-14)13-20-18(22)16-10-6-7-11-17(16)19/h3-11,15H,12-13H2,1-2H3,(H,20,22)/t15-/m1/s1. The second kappa shape index (κ2) is 7.97. The normalized spacial score (nSPS) is 12.2. The van der Waals surface area contributed by atoms with E-state index in [0.29, 0.717) is 17.1 Å². The maximum Gasteiger partial charge on any atom is 0.252 e. The molecule has 2 aromatic rings. The highest BCUT2D eigenvalue weighted by molar-refractivity contribution is 6.33. The molecular weight excluding hydrogens is 296 g/mol. The third kappa shape index (κ3) is 4.58. The van der Waals surface area contributed by atoms with Gasteiger partial charge in [0.25, 0.3) is 5.91 Å². The van der Waals surface area contributed by atoms with E-state index in [-0.39, 0.29) is 11.9 Å². The van der Waals surface area contributed by atoms with E-state index in [9.17, 15) is 4.79 Å². The number of carbonyl (C=O) groups is 1. The summed E-state index contributed by atoms with van der Waals surface area (Å²) >= 11 is 6.06. The fourth-order valence-corrected chi connectivity index (χ4v) is 2.50. The van der Waals surface area contributed by atoms with Crippen molar-refractivity contribution in [2.45, 2.75) is 12.5 Å². The number of amides is 1. The van der Waals surface area contributed by atoms with Crippen LogP contribution in [0.15, 0.2) is 54.6 Å². The van der Waals surface area contributed by atoms with Crippen LogP contribution in [0.1, 0.15) is 15.9 Å². The second-order valence-corrected chi connectivity index (χ2v) is 5.90. The molecule has 0 aliphatic heterocycles. The maximum absolute atomic E-state index is 12.2. The molecule has 4 heteroatoms. The SMILES string of the molecule is CN(C)[C@@H](CNC(=O)c1ccccc1Cl)Cc1ccccc1. The van der Waals surface area contributed by atoms with Gasteiger partial charge in [-0.15, -0.1) is 0 Å². The quantitative estimate of drug-likeness (QED) is 0.887. The van der Waals surface area contributed by atoms with Crippen LogP contribution >= 0.6 is 11.6 Å². The van der Waals surface area contributed by atoms with Crippen molar-refractivity contribution >= 4 is 17.5 Å². The van der Waals surface area contributed by atoms with Crippen molar-refractivity contribution in [3.8, 4) is 0 Å². The molecule has 2 rings (SSSR count). The highest BCUT2D eigenvalue weighted by Gasteiger charge is 2.15. The number of nitrogens with zero attached hydrogens (tertiary/aromatic N) is 1. The number of hydrogen-bond donors (Lipinski definition) is 1. The maximum atomic E-state index is 12.2. The first kappa shape index (κ1) is 16.5. The Balaban J connectivity index is 1.97. The summed E-state index contributed by atoms with van der Waals surface area (Å²) in [5.41, 5.74) is 1.77. The monoisotopic (exact) mass is 316 g/mol. The molecule has 0 saturated carbocycles. The van der Waals surface area contributed by atoms with Crippen LogP contribution in [0.5, 0.6) is 0 Å². The zero-order valence-corrected chi connectivity index (χ0v) is 13.7. The Labute approximate surface area is 136 Å². The van der Waals surface area contributed by atoms with E-state index in [1.807, 2.05) is 44.4 Å². The molecule has 0 aliphatic rings. The molecule has 1 amide bonds. The second-order valence-electron chi connectivity index (χ2n) is 5.50. The molecule has 3 nitrogen and oxygen atoms in total. The van der Waals surface area contributed by atoms with Gasteiger partial charge >= 0.3 is 0 Å². The Morgan fingerprint density at radius 2 is 1.73 bits per heavy atom. The lowest BCUT2D eigenvalue weighted by Crippen LogP contribution is -2.41. The molecule has 0 fully saturated rings. The summed E-state index contributed by atoms with van der Waals surface area (Å²) < 4.78 is 0. The van der Waals surface area contributed by atoms with Gasteiger partial charge in [0, 0.05) is 12.6 Å². The summed E-state index contributed by atoms with van der Waals surface area (Å²) in [6.45, 7) is 0.575. The lowest BCUT2D eigenvalue weighted by Gasteiger charge is -2.25. The molecule has 0 bridgehead atoms. The molecule has 0 spiro atoms. The van der Waals surface area contributed by atoms with Gasteiger partial charge in [-0.3, -0.25) is 4.79 Å². The summed E-state index contributed by atoms with van der Waals surface area (Å²) in [7, 11) is 4.05. The van der Waals surface area contributed by atoms with Crippen molar-refractivity contribution in [1.82, 2.24) is 10.2 Å². The largest absolute Gasteiger partial charge is 0.350 e. The Bertz CT molecular complexity index is 613. The van der Waals surface area contributed by atoms with E-state index in [4.69, 9.17) is 11.6 Å². The van der Waals surface area contributed by atoms with Gasteiger partial charge in [0.05, 0.1) is 10.6 Å². The van der Waals surface area contributed by atoms with Crippen LogP contribution in [0.3, 0.4) is 0 Å². The Morgan fingerprint density at radius 1 is 1.09 bits per heavy atom. The minimum Gasteiger partial charge on any atom is -0.350 e. The molecule has 1 atom stereocenters. The van der Waals surface area contributed by atoms with Crippen molar-refractivity contribution < 1.29 is 4.79 Å². The molecule has 0 saturated heterocycles. The van der Waals surface area contributed by atoms with Crippen LogP contribution in [-0.2, 0) is 6.42 Å². The smallest absolute Gasteiger partial charge is 0.252 e. The van der Waals surface area contributed by atoms with Crippen molar-refractivity contribution in [2.24, 2.45) is 0 Å². The number of carbonyl (C=O) groups excluding carboxylic acids is 1. The molecular formula is C18H21ClN2O. The van der Waals surface area contributed by atoms with E-state index in [1.54, 1.807) is 12.1 Å². The van der Waals surface area contributed by atoms with Crippen LogP contribution in [0.2, 0.25) is 5.02 Å². The Kier molecular flexibility index (Phi) is 5.99. The highest BCUT2D eigenvalue weighted by Crippen LogP contribution is 2.14. The van der Waals surface area contributed by atoms with E-state index >= 15 is 0 Å². The van der Waals surface area contributed by atoms with E-state index < -0.39 is 0 Å². The number of halogens is 1. The lowest BCUT2D eigenvalue weighted by atomic mass is 10.0. The first-order valence-electron chi connectivity index (χ1n) is 7.31. The molecule has 0 radical (unpaired) electrons. The zero-order chi connectivity index (χ0) is 15.9. The number of rotatable bonds is 6. The lowest BCUT2D eigenvalue weighted by molar-refractivity contribution is 0.0942. The average Bonchev–Trinajstić information content (AvgIpc) is 2.52. The van der Waals surface area contributed by atoms with E-state index in [1.165, 1.54) is 5.56 Å². The van der Waals surface area contributed by atoms with Crippen LogP contribution in [0.25, 0.3) is 0 Å². The van der Waals surface area contributed by atoms with Gasteiger partial charge in [0.1, 0.15) is 0 Å². The van der Waals surface area contributed by atoms with Gasteiger partial charge in [0.2, 0.25) is 0 Å². The highest BCUT2D eigenvalue weighted by atomic mass is 35.5. The van der Waals surface area contributed by atoms with Gasteiger partial charge in [-0.05, 0) is 38.2 Å². The van der Waals surface area contributed by atoms with Crippen LogP contribution in [0, 0.1) is 0 Å². The van der Waals surface area contributed by atoms with Crippen molar-refractivity contribution in [1.29, 1.82) is 0 Å². The number of benzene rings is 2. The van der Waals surface area contributed by atoms with Crippen LogP contribution < -0.4 is 5.32 Å². The van der Waals surface area contributed by atoms with E-state index in [2.05, 4.69) is 22.3 Å².